The number of phenolic OH excluding ortho intramolecular Hbond substituents is 1. The third kappa shape index (κ3) is 3.74. The molecule has 2 rings (SSSR count). The zero-order valence-corrected chi connectivity index (χ0v) is 12.2. The van der Waals surface area contributed by atoms with E-state index in [0.717, 1.165) is 12.0 Å². The van der Waals surface area contributed by atoms with Crippen molar-refractivity contribution in [3.63, 3.8) is 0 Å². The van der Waals surface area contributed by atoms with E-state index in [2.05, 4.69) is 0 Å². The van der Waals surface area contributed by atoms with Crippen LogP contribution in [0.25, 0.3) is 0 Å². The Morgan fingerprint density at radius 2 is 2.14 bits per heavy atom. The summed E-state index contributed by atoms with van der Waals surface area (Å²) in [5, 5.41) is 9.70. The third-order valence-electron chi connectivity index (χ3n) is 3.73. The van der Waals surface area contributed by atoms with E-state index in [9.17, 15) is 14.7 Å². The molecule has 1 aliphatic heterocycles. The summed E-state index contributed by atoms with van der Waals surface area (Å²) in [6.07, 6.45) is 2.25. The van der Waals surface area contributed by atoms with Crippen LogP contribution in [0.5, 0.6) is 5.75 Å². The summed E-state index contributed by atoms with van der Waals surface area (Å²) in [5.74, 6) is -0.173. The van der Waals surface area contributed by atoms with Crippen LogP contribution in [-0.4, -0.2) is 41.1 Å². The fourth-order valence-electron chi connectivity index (χ4n) is 2.66. The maximum absolute atomic E-state index is 12.3. The summed E-state index contributed by atoms with van der Waals surface area (Å²) in [7, 11) is 0. The van der Waals surface area contributed by atoms with Crippen LogP contribution in [0.15, 0.2) is 24.3 Å². The van der Waals surface area contributed by atoms with Crippen LogP contribution in [0.1, 0.15) is 31.7 Å². The Hall–Kier alpha value is -2.04. The van der Waals surface area contributed by atoms with Gasteiger partial charge < -0.3 is 14.7 Å². The molecule has 0 bridgehead atoms. The lowest BCUT2D eigenvalue weighted by atomic mass is 10.1. The van der Waals surface area contributed by atoms with Crippen molar-refractivity contribution in [1.82, 2.24) is 4.90 Å². The molecule has 114 valence electrons. The third-order valence-corrected chi connectivity index (χ3v) is 3.73. The van der Waals surface area contributed by atoms with Crippen molar-refractivity contribution in [2.75, 3.05) is 13.2 Å². The molecule has 1 atom stereocenters. The molecule has 21 heavy (non-hydrogen) atoms. The average molecular weight is 291 g/mol. The number of amides is 1. The highest BCUT2D eigenvalue weighted by atomic mass is 16.5. The summed E-state index contributed by atoms with van der Waals surface area (Å²) in [6, 6.07) is 6.54. The average Bonchev–Trinajstić information content (AvgIpc) is 2.96. The largest absolute Gasteiger partial charge is 0.508 e. The number of para-hydroxylation sites is 1. The van der Waals surface area contributed by atoms with Crippen LogP contribution in [0, 0.1) is 0 Å². The topological polar surface area (TPSA) is 66.8 Å². The maximum Gasteiger partial charge on any atom is 0.328 e. The van der Waals surface area contributed by atoms with E-state index in [1.807, 2.05) is 6.07 Å². The predicted molar refractivity (Wildman–Crippen MR) is 77.8 cm³/mol. The van der Waals surface area contributed by atoms with Crippen molar-refractivity contribution in [2.45, 2.75) is 38.6 Å². The van der Waals surface area contributed by atoms with Crippen molar-refractivity contribution < 1.29 is 19.4 Å². The summed E-state index contributed by atoms with van der Waals surface area (Å²) in [5.41, 5.74) is 0.748. The minimum atomic E-state index is -0.443. The van der Waals surface area contributed by atoms with Crippen LogP contribution in [0.2, 0.25) is 0 Å². The smallest absolute Gasteiger partial charge is 0.328 e. The highest BCUT2D eigenvalue weighted by Crippen LogP contribution is 2.22. The Bertz CT molecular complexity index is 515. The number of aryl methyl sites for hydroxylation is 1. The van der Waals surface area contributed by atoms with Crippen LogP contribution >= 0.6 is 0 Å². The van der Waals surface area contributed by atoms with E-state index in [-0.39, 0.29) is 24.0 Å². The Kier molecular flexibility index (Phi) is 5.20. The van der Waals surface area contributed by atoms with Crippen LogP contribution in [-0.2, 0) is 20.7 Å². The highest BCUT2D eigenvalue weighted by Gasteiger charge is 2.34. The number of benzene rings is 1. The first-order chi connectivity index (χ1) is 10.1. The molecular weight excluding hydrogens is 270 g/mol. The Balaban J connectivity index is 1.93. The molecule has 0 aliphatic carbocycles. The minimum absolute atomic E-state index is 0.0613. The standard InChI is InChI=1S/C16H21NO4/c1-2-21-16(20)13-7-5-11-17(13)15(19)10-9-12-6-3-4-8-14(12)18/h3-4,6,8,13,18H,2,5,7,9-11H2,1H3. The molecule has 1 fully saturated rings. The number of carbonyl (C=O) groups excluding carboxylic acids is 2. The number of esters is 1. The first-order valence-electron chi connectivity index (χ1n) is 7.36. The molecule has 5 heteroatoms. The SMILES string of the molecule is CCOC(=O)C1CCCN1C(=O)CCc1ccccc1O. The van der Waals surface area contributed by atoms with Gasteiger partial charge >= 0.3 is 5.97 Å². The van der Waals surface area contributed by atoms with Gasteiger partial charge in [-0.25, -0.2) is 4.79 Å². The van der Waals surface area contributed by atoms with Gasteiger partial charge in [-0.3, -0.25) is 4.79 Å². The zero-order valence-electron chi connectivity index (χ0n) is 12.2. The molecule has 1 aliphatic rings. The van der Waals surface area contributed by atoms with Gasteiger partial charge in [-0.05, 0) is 37.8 Å². The second kappa shape index (κ2) is 7.11. The molecule has 5 nitrogen and oxygen atoms in total. The Labute approximate surface area is 124 Å². The van der Waals surface area contributed by atoms with E-state index in [4.69, 9.17) is 4.74 Å². The lowest BCUT2D eigenvalue weighted by Crippen LogP contribution is -2.41. The molecule has 1 heterocycles. The number of likely N-dealkylation sites (tertiary alicyclic amines) is 1. The van der Waals surface area contributed by atoms with E-state index in [0.29, 0.717) is 26.0 Å². The summed E-state index contributed by atoms with van der Waals surface area (Å²) >= 11 is 0. The number of hydrogen-bond donors (Lipinski definition) is 1. The Morgan fingerprint density at radius 3 is 2.86 bits per heavy atom. The van der Waals surface area contributed by atoms with Crippen LogP contribution in [0.3, 0.4) is 0 Å². The van der Waals surface area contributed by atoms with Gasteiger partial charge in [0.1, 0.15) is 11.8 Å². The molecule has 1 N–H and O–H groups in total. The number of rotatable bonds is 5. The monoisotopic (exact) mass is 291 g/mol. The van der Waals surface area contributed by atoms with E-state index in [1.165, 1.54) is 0 Å². The second-order valence-electron chi connectivity index (χ2n) is 5.13. The Morgan fingerprint density at radius 1 is 1.38 bits per heavy atom. The maximum atomic E-state index is 12.3. The van der Waals surface area contributed by atoms with Crippen molar-refractivity contribution in [3.8, 4) is 5.75 Å². The molecule has 1 amide bonds. The molecule has 1 saturated heterocycles. The summed E-state index contributed by atoms with van der Waals surface area (Å²) in [6.45, 7) is 2.69. The van der Waals surface area contributed by atoms with Crippen molar-refractivity contribution in [2.24, 2.45) is 0 Å². The predicted octanol–water partition coefficient (Wildman–Crippen LogP) is 1.88. The zero-order chi connectivity index (χ0) is 15.2. The van der Waals surface area contributed by atoms with Gasteiger partial charge in [-0.15, -0.1) is 0 Å². The van der Waals surface area contributed by atoms with Crippen LogP contribution < -0.4 is 0 Å². The van der Waals surface area contributed by atoms with E-state index < -0.39 is 6.04 Å². The number of carbonyl (C=O) groups is 2. The van der Waals surface area contributed by atoms with E-state index in [1.54, 1.807) is 30.0 Å². The summed E-state index contributed by atoms with van der Waals surface area (Å²) < 4.78 is 5.02. The van der Waals surface area contributed by atoms with Crippen molar-refractivity contribution in [3.05, 3.63) is 29.8 Å². The highest BCUT2D eigenvalue weighted by molar-refractivity contribution is 5.85. The summed E-state index contributed by atoms with van der Waals surface area (Å²) in [4.78, 5) is 25.7. The van der Waals surface area contributed by atoms with E-state index >= 15 is 0 Å². The molecule has 0 aromatic heterocycles. The quantitative estimate of drug-likeness (QED) is 0.841. The molecule has 1 aromatic carbocycles. The van der Waals surface area contributed by atoms with Gasteiger partial charge in [-0.1, -0.05) is 18.2 Å². The van der Waals surface area contributed by atoms with Crippen molar-refractivity contribution in [1.29, 1.82) is 0 Å². The minimum Gasteiger partial charge on any atom is -0.508 e. The number of nitrogens with zero attached hydrogens (tertiary/aromatic N) is 1. The number of hydrogen-bond acceptors (Lipinski definition) is 4. The first kappa shape index (κ1) is 15.4. The normalized spacial score (nSPS) is 17.8. The molecule has 1 aromatic rings. The number of aromatic hydroxyl groups is 1. The number of ether oxygens (including phenoxy) is 1. The van der Waals surface area contributed by atoms with Crippen molar-refractivity contribution >= 4 is 11.9 Å². The van der Waals surface area contributed by atoms with Crippen LogP contribution in [0.4, 0.5) is 0 Å². The van der Waals surface area contributed by atoms with Gasteiger partial charge in [0.15, 0.2) is 0 Å². The van der Waals surface area contributed by atoms with Gasteiger partial charge in [0.25, 0.3) is 0 Å². The molecular formula is C16H21NO4. The lowest BCUT2D eigenvalue weighted by molar-refractivity contribution is -0.153. The second-order valence-corrected chi connectivity index (χ2v) is 5.13. The van der Waals surface area contributed by atoms with Gasteiger partial charge in [-0.2, -0.15) is 0 Å². The fraction of sp³-hybridized carbons (Fsp3) is 0.500. The first-order valence-corrected chi connectivity index (χ1v) is 7.36. The lowest BCUT2D eigenvalue weighted by Gasteiger charge is -2.23. The van der Waals surface area contributed by atoms with Gasteiger partial charge in [0, 0.05) is 13.0 Å². The molecule has 0 saturated carbocycles. The molecule has 0 spiro atoms. The molecule has 1 unspecified atom stereocenters. The number of phenols is 1. The van der Waals surface area contributed by atoms with Gasteiger partial charge in [0.05, 0.1) is 6.61 Å². The fourth-order valence-corrected chi connectivity index (χ4v) is 2.66. The molecule has 0 radical (unpaired) electrons. The van der Waals surface area contributed by atoms with Gasteiger partial charge in [0.2, 0.25) is 5.91 Å².